The summed E-state index contributed by atoms with van der Waals surface area (Å²) in [7, 11) is 0. The average molecular weight is 157 g/mol. The van der Waals surface area contributed by atoms with Gasteiger partial charge in [0.05, 0.1) is 19.6 Å². The Morgan fingerprint density at radius 2 is 2.00 bits per heavy atom. The van der Waals surface area contributed by atoms with Crippen LogP contribution in [-0.4, -0.2) is 30.2 Å². The first-order valence-electron chi connectivity index (χ1n) is 4.29. The molecule has 1 saturated heterocycles. The summed E-state index contributed by atoms with van der Waals surface area (Å²) >= 11 is 0. The zero-order valence-electron chi connectivity index (χ0n) is 7.01. The summed E-state index contributed by atoms with van der Waals surface area (Å²) in [5.41, 5.74) is 0. The quantitative estimate of drug-likeness (QED) is 0.543. The maximum Gasteiger partial charge on any atom is 0.257 e. The van der Waals surface area contributed by atoms with Crippen LogP contribution in [0.15, 0.2) is 0 Å². The van der Waals surface area contributed by atoms with Crippen LogP contribution in [0.5, 0.6) is 0 Å². The van der Waals surface area contributed by atoms with Crippen LogP contribution in [-0.2, 0) is 0 Å². The molecule has 3 heteroatoms. The number of rotatable bonds is 2. The highest BCUT2D eigenvalue weighted by Crippen LogP contribution is 2.19. The van der Waals surface area contributed by atoms with Crippen molar-refractivity contribution in [2.75, 3.05) is 19.6 Å². The Hall–Kier alpha value is -0.570. The lowest BCUT2D eigenvalue weighted by molar-refractivity contribution is -0.864. The van der Waals surface area contributed by atoms with Crippen molar-refractivity contribution in [2.45, 2.75) is 26.2 Å². The number of amides is 1. The van der Waals surface area contributed by atoms with Crippen LogP contribution in [0.1, 0.15) is 26.2 Å². The maximum atomic E-state index is 10.8. The van der Waals surface area contributed by atoms with Crippen molar-refractivity contribution in [3.8, 4) is 0 Å². The molecule has 0 saturated carbocycles. The topological polar surface area (TPSA) is 40.1 Å². The fourth-order valence-corrected chi connectivity index (χ4v) is 1.87. The number of nitrogens with zero attached hydrogens (tertiary/aromatic N) is 1. The van der Waals surface area contributed by atoms with Gasteiger partial charge in [-0.3, -0.25) is 4.48 Å². The highest BCUT2D eigenvalue weighted by atomic mass is 16.4. The average Bonchev–Trinajstić information content (AvgIpc) is 2.38. The third-order valence-electron chi connectivity index (χ3n) is 2.46. The van der Waals surface area contributed by atoms with Gasteiger partial charge in [0.2, 0.25) is 0 Å². The van der Waals surface area contributed by atoms with E-state index in [-0.39, 0.29) is 4.48 Å². The van der Waals surface area contributed by atoms with E-state index in [0.29, 0.717) is 0 Å². The molecule has 0 aromatic rings. The first-order valence-corrected chi connectivity index (χ1v) is 4.29. The van der Waals surface area contributed by atoms with Crippen molar-refractivity contribution in [3.63, 3.8) is 0 Å². The Morgan fingerprint density at radius 1 is 1.45 bits per heavy atom. The SMILES string of the molecule is CCC[N+]1(C(=O)[O-])CCCC1. The molecule has 1 amide bonds. The Labute approximate surface area is 67.2 Å². The van der Waals surface area contributed by atoms with Crippen LogP contribution >= 0.6 is 0 Å². The normalized spacial score (nSPS) is 21.9. The van der Waals surface area contributed by atoms with Gasteiger partial charge >= 0.3 is 0 Å². The van der Waals surface area contributed by atoms with Gasteiger partial charge in [-0.1, -0.05) is 6.92 Å². The summed E-state index contributed by atoms with van der Waals surface area (Å²) in [6.45, 7) is 4.30. The van der Waals surface area contributed by atoms with E-state index in [9.17, 15) is 9.90 Å². The van der Waals surface area contributed by atoms with E-state index in [1.807, 2.05) is 6.92 Å². The molecule has 3 nitrogen and oxygen atoms in total. The van der Waals surface area contributed by atoms with Crippen molar-refractivity contribution >= 4 is 6.09 Å². The molecule has 0 aliphatic carbocycles. The molecule has 0 radical (unpaired) electrons. The molecule has 0 bridgehead atoms. The number of carboxylic acid groups (broad SMARTS) is 1. The molecule has 0 N–H and O–H groups in total. The van der Waals surface area contributed by atoms with Gasteiger partial charge in [-0.2, -0.15) is 0 Å². The van der Waals surface area contributed by atoms with E-state index < -0.39 is 6.09 Å². The second-order valence-corrected chi connectivity index (χ2v) is 3.29. The van der Waals surface area contributed by atoms with Crippen LogP contribution in [0.3, 0.4) is 0 Å². The zero-order chi connectivity index (χ0) is 8.32. The second kappa shape index (κ2) is 3.22. The molecular formula is C8H15NO2. The van der Waals surface area contributed by atoms with Crippen molar-refractivity contribution in [2.24, 2.45) is 0 Å². The molecule has 1 aliphatic rings. The first kappa shape index (κ1) is 8.53. The van der Waals surface area contributed by atoms with Crippen LogP contribution in [0.25, 0.3) is 0 Å². The van der Waals surface area contributed by atoms with E-state index in [4.69, 9.17) is 0 Å². The molecule has 0 spiro atoms. The highest BCUT2D eigenvalue weighted by Gasteiger charge is 2.32. The van der Waals surface area contributed by atoms with E-state index in [1.54, 1.807) is 0 Å². The Kier molecular flexibility index (Phi) is 2.49. The van der Waals surface area contributed by atoms with E-state index in [2.05, 4.69) is 0 Å². The largest absolute Gasteiger partial charge is 0.498 e. The number of carbonyl (C=O) groups is 1. The maximum absolute atomic E-state index is 10.8. The van der Waals surface area contributed by atoms with Crippen molar-refractivity contribution in [1.29, 1.82) is 0 Å². The monoisotopic (exact) mass is 157 g/mol. The molecule has 1 rings (SSSR count). The van der Waals surface area contributed by atoms with Gasteiger partial charge in [0, 0.05) is 12.8 Å². The molecule has 0 aromatic carbocycles. The number of carbonyl (C=O) groups excluding carboxylic acids is 1. The van der Waals surface area contributed by atoms with Crippen LogP contribution in [0, 0.1) is 0 Å². The van der Waals surface area contributed by atoms with E-state index in [1.165, 1.54) is 0 Å². The zero-order valence-corrected chi connectivity index (χ0v) is 7.01. The number of hydrogen-bond acceptors (Lipinski definition) is 2. The standard InChI is InChI=1S/C8H15NO2/c1-2-5-9(8(10)11)6-3-4-7-9/h2-7H2,1H3. The number of hydrogen-bond donors (Lipinski definition) is 0. The molecule has 0 aromatic heterocycles. The molecular weight excluding hydrogens is 142 g/mol. The predicted octanol–water partition coefficient (Wildman–Crippen LogP) is 0.350. The predicted molar refractivity (Wildman–Crippen MR) is 39.8 cm³/mol. The fourth-order valence-electron chi connectivity index (χ4n) is 1.87. The van der Waals surface area contributed by atoms with E-state index >= 15 is 0 Å². The van der Waals surface area contributed by atoms with Crippen molar-refractivity contribution < 1.29 is 14.4 Å². The molecule has 0 atom stereocenters. The lowest BCUT2D eigenvalue weighted by Crippen LogP contribution is -2.57. The molecule has 1 heterocycles. The van der Waals surface area contributed by atoms with E-state index in [0.717, 1.165) is 38.9 Å². The summed E-state index contributed by atoms with van der Waals surface area (Å²) in [4.78, 5) is 10.8. The van der Waals surface area contributed by atoms with Crippen molar-refractivity contribution in [3.05, 3.63) is 0 Å². The summed E-state index contributed by atoms with van der Waals surface area (Å²) in [6, 6.07) is 0. The molecule has 1 fully saturated rings. The van der Waals surface area contributed by atoms with Gasteiger partial charge in [-0.25, -0.2) is 0 Å². The van der Waals surface area contributed by atoms with Gasteiger partial charge in [0.1, 0.15) is 0 Å². The minimum atomic E-state index is -0.885. The Bertz CT molecular complexity index is 150. The smallest absolute Gasteiger partial charge is 0.257 e. The van der Waals surface area contributed by atoms with Crippen LogP contribution in [0.2, 0.25) is 0 Å². The second-order valence-electron chi connectivity index (χ2n) is 3.29. The highest BCUT2D eigenvalue weighted by molar-refractivity contribution is 5.54. The molecule has 1 aliphatic heterocycles. The van der Waals surface area contributed by atoms with Gasteiger partial charge in [0.15, 0.2) is 0 Å². The third-order valence-corrected chi connectivity index (χ3v) is 2.46. The van der Waals surface area contributed by atoms with Crippen LogP contribution < -0.4 is 5.11 Å². The Balaban J connectivity index is 2.62. The van der Waals surface area contributed by atoms with Gasteiger partial charge < -0.3 is 9.90 Å². The summed E-state index contributed by atoms with van der Waals surface area (Å²) in [6.07, 6.45) is 2.11. The minimum absolute atomic E-state index is 0.205. The fraction of sp³-hybridized carbons (Fsp3) is 0.875. The lowest BCUT2D eigenvalue weighted by Gasteiger charge is -2.32. The van der Waals surface area contributed by atoms with Gasteiger partial charge in [-0.15, -0.1) is 0 Å². The van der Waals surface area contributed by atoms with Gasteiger partial charge in [0.25, 0.3) is 6.09 Å². The summed E-state index contributed by atoms with van der Waals surface area (Å²) in [5.74, 6) is 0. The van der Waals surface area contributed by atoms with Gasteiger partial charge in [-0.05, 0) is 6.42 Å². The number of likely N-dealkylation sites (tertiary alicyclic amines) is 1. The first-order chi connectivity index (χ1) is 5.21. The Morgan fingerprint density at radius 3 is 2.36 bits per heavy atom. The van der Waals surface area contributed by atoms with Crippen molar-refractivity contribution in [1.82, 2.24) is 0 Å². The minimum Gasteiger partial charge on any atom is -0.498 e. The lowest BCUT2D eigenvalue weighted by atomic mass is 10.3. The third kappa shape index (κ3) is 1.53. The van der Waals surface area contributed by atoms with Crippen LogP contribution in [0.4, 0.5) is 4.79 Å². The summed E-state index contributed by atoms with van der Waals surface area (Å²) < 4.78 is 0.205. The summed E-state index contributed by atoms with van der Waals surface area (Å²) in [5, 5.41) is 10.8. The molecule has 0 unspecified atom stereocenters. The molecule has 11 heavy (non-hydrogen) atoms. The molecule has 64 valence electrons. The number of quaternary nitrogens is 1.